The Balaban J connectivity index is 1.95. The van der Waals surface area contributed by atoms with Crippen molar-refractivity contribution in [3.05, 3.63) is 30.1 Å². The van der Waals surface area contributed by atoms with Crippen molar-refractivity contribution >= 4 is 5.69 Å². The van der Waals surface area contributed by atoms with Gasteiger partial charge in [0.2, 0.25) is 0 Å². The standard InChI is InChI=1S/C12H17FN2/c13-11-3-1-2-4-12(11)15-10-7-5-9(14)6-8-10/h1-4,9-10,15H,5-8,14H2. The lowest BCUT2D eigenvalue weighted by atomic mass is 9.91. The summed E-state index contributed by atoms with van der Waals surface area (Å²) in [7, 11) is 0. The van der Waals surface area contributed by atoms with Gasteiger partial charge in [-0.25, -0.2) is 4.39 Å². The number of hydrogen-bond donors (Lipinski definition) is 2. The highest BCUT2D eigenvalue weighted by Gasteiger charge is 2.18. The topological polar surface area (TPSA) is 38.0 Å². The van der Waals surface area contributed by atoms with Crippen LogP contribution in [0.25, 0.3) is 0 Å². The number of hydrogen-bond acceptors (Lipinski definition) is 2. The SMILES string of the molecule is NC1CCC(Nc2ccccc2F)CC1. The lowest BCUT2D eigenvalue weighted by Gasteiger charge is -2.27. The first kappa shape index (κ1) is 10.4. The third-order valence-electron chi connectivity index (χ3n) is 3.01. The van der Waals surface area contributed by atoms with E-state index >= 15 is 0 Å². The maximum absolute atomic E-state index is 13.3. The molecule has 0 bridgehead atoms. The number of nitrogens with one attached hydrogen (secondary N) is 1. The van der Waals surface area contributed by atoms with E-state index in [1.54, 1.807) is 12.1 Å². The van der Waals surface area contributed by atoms with Crippen LogP contribution in [-0.2, 0) is 0 Å². The normalized spacial score (nSPS) is 26.3. The molecule has 1 aromatic carbocycles. The molecule has 3 heteroatoms. The fourth-order valence-electron chi connectivity index (χ4n) is 2.06. The second-order valence-corrected chi connectivity index (χ2v) is 4.24. The second kappa shape index (κ2) is 4.62. The van der Waals surface area contributed by atoms with Crippen LogP contribution in [0.3, 0.4) is 0 Å². The maximum Gasteiger partial charge on any atom is 0.146 e. The van der Waals surface area contributed by atoms with Crippen LogP contribution in [0.1, 0.15) is 25.7 Å². The fraction of sp³-hybridized carbons (Fsp3) is 0.500. The maximum atomic E-state index is 13.3. The van der Waals surface area contributed by atoms with Gasteiger partial charge in [0.1, 0.15) is 5.82 Å². The van der Waals surface area contributed by atoms with Crippen LogP contribution in [0.4, 0.5) is 10.1 Å². The first-order valence-electron chi connectivity index (χ1n) is 5.52. The predicted molar refractivity (Wildman–Crippen MR) is 60.3 cm³/mol. The zero-order valence-corrected chi connectivity index (χ0v) is 8.75. The van der Waals surface area contributed by atoms with Crippen molar-refractivity contribution < 1.29 is 4.39 Å². The van der Waals surface area contributed by atoms with Gasteiger partial charge in [0.05, 0.1) is 5.69 Å². The summed E-state index contributed by atoms with van der Waals surface area (Å²) in [5.41, 5.74) is 6.43. The zero-order valence-electron chi connectivity index (χ0n) is 8.75. The molecule has 0 saturated heterocycles. The fourth-order valence-corrected chi connectivity index (χ4v) is 2.06. The van der Waals surface area contributed by atoms with Crippen molar-refractivity contribution in [2.24, 2.45) is 5.73 Å². The van der Waals surface area contributed by atoms with Gasteiger partial charge in [0.25, 0.3) is 0 Å². The van der Waals surface area contributed by atoms with E-state index in [1.165, 1.54) is 6.07 Å². The lowest BCUT2D eigenvalue weighted by Crippen LogP contribution is -2.32. The summed E-state index contributed by atoms with van der Waals surface area (Å²) in [4.78, 5) is 0. The molecule has 3 N–H and O–H groups in total. The van der Waals surface area contributed by atoms with Gasteiger partial charge in [-0.2, -0.15) is 0 Å². The minimum Gasteiger partial charge on any atom is -0.380 e. The van der Waals surface area contributed by atoms with E-state index in [4.69, 9.17) is 5.73 Å². The Kier molecular flexibility index (Phi) is 3.21. The monoisotopic (exact) mass is 208 g/mol. The van der Waals surface area contributed by atoms with E-state index in [-0.39, 0.29) is 5.82 Å². The van der Waals surface area contributed by atoms with Crippen LogP contribution in [-0.4, -0.2) is 12.1 Å². The molecule has 0 aromatic heterocycles. The van der Waals surface area contributed by atoms with Crippen LogP contribution in [0.2, 0.25) is 0 Å². The molecule has 2 nitrogen and oxygen atoms in total. The Morgan fingerprint density at radius 1 is 1.13 bits per heavy atom. The van der Waals surface area contributed by atoms with Crippen molar-refractivity contribution in [1.29, 1.82) is 0 Å². The molecular weight excluding hydrogens is 191 g/mol. The number of para-hydroxylation sites is 1. The van der Waals surface area contributed by atoms with E-state index in [0.717, 1.165) is 25.7 Å². The molecule has 1 aliphatic carbocycles. The molecule has 1 fully saturated rings. The van der Waals surface area contributed by atoms with Crippen LogP contribution in [0, 0.1) is 5.82 Å². The van der Waals surface area contributed by atoms with E-state index in [2.05, 4.69) is 5.32 Å². The van der Waals surface area contributed by atoms with Crippen LogP contribution in [0.15, 0.2) is 24.3 Å². The summed E-state index contributed by atoms with van der Waals surface area (Å²) in [6.07, 6.45) is 4.14. The minimum atomic E-state index is -0.174. The van der Waals surface area contributed by atoms with E-state index in [9.17, 15) is 4.39 Å². The lowest BCUT2D eigenvalue weighted by molar-refractivity contribution is 0.410. The Bertz CT molecular complexity index is 319. The summed E-state index contributed by atoms with van der Waals surface area (Å²) in [5.74, 6) is -0.174. The summed E-state index contributed by atoms with van der Waals surface area (Å²) >= 11 is 0. The number of halogens is 1. The molecule has 0 spiro atoms. The highest BCUT2D eigenvalue weighted by Crippen LogP contribution is 2.22. The molecule has 0 unspecified atom stereocenters. The highest BCUT2D eigenvalue weighted by molar-refractivity contribution is 5.45. The first-order valence-corrected chi connectivity index (χ1v) is 5.52. The van der Waals surface area contributed by atoms with Crippen molar-refractivity contribution in [3.63, 3.8) is 0 Å². The third kappa shape index (κ3) is 2.69. The van der Waals surface area contributed by atoms with Crippen molar-refractivity contribution in [1.82, 2.24) is 0 Å². The number of benzene rings is 1. The van der Waals surface area contributed by atoms with Gasteiger partial charge >= 0.3 is 0 Å². The summed E-state index contributed by atoms with van der Waals surface area (Å²) in [6.45, 7) is 0. The molecule has 0 heterocycles. The third-order valence-corrected chi connectivity index (χ3v) is 3.01. The van der Waals surface area contributed by atoms with Gasteiger partial charge in [-0.15, -0.1) is 0 Å². The number of nitrogens with two attached hydrogens (primary N) is 1. The van der Waals surface area contributed by atoms with Gasteiger partial charge < -0.3 is 11.1 Å². The van der Waals surface area contributed by atoms with Crippen LogP contribution >= 0.6 is 0 Å². The van der Waals surface area contributed by atoms with Gasteiger partial charge in [-0.05, 0) is 37.8 Å². The second-order valence-electron chi connectivity index (χ2n) is 4.24. The Morgan fingerprint density at radius 2 is 1.80 bits per heavy atom. The molecule has 0 radical (unpaired) electrons. The molecular formula is C12H17FN2. The van der Waals surface area contributed by atoms with Crippen LogP contribution < -0.4 is 11.1 Å². The molecule has 1 saturated carbocycles. The molecule has 15 heavy (non-hydrogen) atoms. The molecule has 1 aliphatic rings. The van der Waals surface area contributed by atoms with Gasteiger partial charge in [0, 0.05) is 12.1 Å². The smallest absolute Gasteiger partial charge is 0.146 e. The average Bonchev–Trinajstić information content (AvgIpc) is 2.25. The average molecular weight is 208 g/mol. The molecule has 0 aliphatic heterocycles. The Labute approximate surface area is 89.7 Å². The number of rotatable bonds is 2. The Hall–Kier alpha value is -1.09. The van der Waals surface area contributed by atoms with Crippen LogP contribution in [0.5, 0.6) is 0 Å². The summed E-state index contributed by atoms with van der Waals surface area (Å²) in [5, 5.41) is 3.24. The summed E-state index contributed by atoms with van der Waals surface area (Å²) < 4.78 is 13.3. The largest absolute Gasteiger partial charge is 0.380 e. The molecule has 0 amide bonds. The summed E-state index contributed by atoms with van der Waals surface area (Å²) in [6, 6.07) is 7.53. The van der Waals surface area contributed by atoms with Crippen molar-refractivity contribution in [2.45, 2.75) is 37.8 Å². The molecule has 82 valence electrons. The first-order chi connectivity index (χ1) is 7.25. The van der Waals surface area contributed by atoms with Gasteiger partial charge in [-0.3, -0.25) is 0 Å². The van der Waals surface area contributed by atoms with E-state index < -0.39 is 0 Å². The van der Waals surface area contributed by atoms with E-state index in [0.29, 0.717) is 17.8 Å². The minimum absolute atomic E-state index is 0.174. The zero-order chi connectivity index (χ0) is 10.7. The highest BCUT2D eigenvalue weighted by atomic mass is 19.1. The number of anilines is 1. The quantitative estimate of drug-likeness (QED) is 0.783. The van der Waals surface area contributed by atoms with Crippen molar-refractivity contribution in [3.8, 4) is 0 Å². The molecule has 0 atom stereocenters. The molecule has 2 rings (SSSR count). The predicted octanol–water partition coefficient (Wildman–Crippen LogP) is 2.51. The van der Waals surface area contributed by atoms with E-state index in [1.807, 2.05) is 6.07 Å². The Morgan fingerprint density at radius 3 is 2.47 bits per heavy atom. The van der Waals surface area contributed by atoms with Gasteiger partial charge in [-0.1, -0.05) is 12.1 Å². The molecule has 1 aromatic rings. The van der Waals surface area contributed by atoms with Crippen molar-refractivity contribution in [2.75, 3.05) is 5.32 Å². The van der Waals surface area contributed by atoms with Gasteiger partial charge in [0.15, 0.2) is 0 Å².